The SMILES string of the molecule is Cc1nnc(Sc2nc(C(=O)O)ccc2[N+](=O)[O-])s1. The number of nitrogens with zero attached hydrogens (tertiary/aromatic N) is 4. The van der Waals surface area contributed by atoms with E-state index in [0.717, 1.165) is 23.9 Å². The first-order chi connectivity index (χ1) is 8.97. The van der Waals surface area contributed by atoms with E-state index in [1.54, 1.807) is 6.92 Å². The molecule has 2 rings (SSSR count). The standard InChI is InChI=1S/C9H6N4O4S2/c1-4-11-12-9(18-4)19-7-6(13(16)17)3-2-5(10-7)8(14)15/h2-3H,1H3,(H,14,15). The van der Waals surface area contributed by atoms with E-state index in [1.807, 2.05) is 0 Å². The van der Waals surface area contributed by atoms with Crippen LogP contribution in [-0.4, -0.2) is 31.2 Å². The van der Waals surface area contributed by atoms with Crippen LogP contribution in [0.4, 0.5) is 5.69 Å². The summed E-state index contributed by atoms with van der Waals surface area (Å²) in [6, 6.07) is 2.21. The fourth-order valence-electron chi connectivity index (χ4n) is 1.17. The third kappa shape index (κ3) is 3.03. The van der Waals surface area contributed by atoms with Crippen molar-refractivity contribution in [2.75, 3.05) is 0 Å². The third-order valence-corrected chi connectivity index (χ3v) is 3.83. The number of carboxylic acid groups (broad SMARTS) is 1. The van der Waals surface area contributed by atoms with Gasteiger partial charge in [0.15, 0.2) is 9.37 Å². The fourth-order valence-corrected chi connectivity index (χ4v) is 2.99. The van der Waals surface area contributed by atoms with E-state index >= 15 is 0 Å². The van der Waals surface area contributed by atoms with Gasteiger partial charge >= 0.3 is 11.7 Å². The highest BCUT2D eigenvalue weighted by Gasteiger charge is 2.20. The lowest BCUT2D eigenvalue weighted by molar-refractivity contribution is -0.388. The molecule has 0 fully saturated rings. The Labute approximate surface area is 114 Å². The summed E-state index contributed by atoms with van der Waals surface area (Å²) in [4.78, 5) is 24.8. The van der Waals surface area contributed by atoms with Crippen LogP contribution < -0.4 is 0 Å². The molecule has 0 spiro atoms. The molecule has 2 aromatic heterocycles. The first-order valence-corrected chi connectivity index (χ1v) is 6.47. The third-order valence-electron chi connectivity index (χ3n) is 1.95. The van der Waals surface area contributed by atoms with Crippen molar-refractivity contribution in [3.05, 3.63) is 32.9 Å². The minimum absolute atomic E-state index is 0.0129. The minimum Gasteiger partial charge on any atom is -0.477 e. The van der Waals surface area contributed by atoms with Gasteiger partial charge in [-0.15, -0.1) is 10.2 Å². The summed E-state index contributed by atoms with van der Waals surface area (Å²) < 4.78 is 0.468. The molecule has 0 saturated heterocycles. The summed E-state index contributed by atoms with van der Waals surface area (Å²) in [5.74, 6) is -1.25. The number of hydrogen-bond donors (Lipinski definition) is 1. The van der Waals surface area contributed by atoms with Crippen LogP contribution in [0.5, 0.6) is 0 Å². The molecule has 0 saturated carbocycles. The molecule has 0 atom stereocenters. The monoisotopic (exact) mass is 298 g/mol. The summed E-state index contributed by atoms with van der Waals surface area (Å²) in [6.07, 6.45) is 0. The number of aromatic nitrogens is 3. The van der Waals surface area contributed by atoms with Gasteiger partial charge in [0.1, 0.15) is 10.7 Å². The zero-order valence-corrected chi connectivity index (χ0v) is 11.1. The molecule has 0 bridgehead atoms. The molecule has 2 aromatic rings. The van der Waals surface area contributed by atoms with Crippen LogP contribution >= 0.6 is 23.1 Å². The number of pyridine rings is 1. The van der Waals surface area contributed by atoms with Crippen molar-refractivity contribution in [3.8, 4) is 0 Å². The number of rotatable bonds is 4. The van der Waals surface area contributed by atoms with Gasteiger partial charge in [0.05, 0.1) is 4.92 Å². The van der Waals surface area contributed by atoms with Gasteiger partial charge < -0.3 is 5.11 Å². The Morgan fingerprint density at radius 1 is 1.47 bits per heavy atom. The second-order valence-corrected chi connectivity index (χ2v) is 5.69. The molecular weight excluding hydrogens is 292 g/mol. The lowest BCUT2D eigenvalue weighted by Crippen LogP contribution is -2.03. The van der Waals surface area contributed by atoms with Crippen LogP contribution in [0.25, 0.3) is 0 Å². The number of aryl methyl sites for hydroxylation is 1. The van der Waals surface area contributed by atoms with Gasteiger partial charge in [0, 0.05) is 6.07 Å². The number of nitro groups is 1. The van der Waals surface area contributed by atoms with E-state index in [2.05, 4.69) is 15.2 Å². The zero-order valence-electron chi connectivity index (χ0n) is 9.43. The number of carbonyl (C=O) groups is 1. The van der Waals surface area contributed by atoms with Crippen LogP contribution in [0.2, 0.25) is 0 Å². The summed E-state index contributed by atoms with van der Waals surface area (Å²) in [5, 5.41) is 28.0. The molecule has 98 valence electrons. The van der Waals surface area contributed by atoms with Crippen LogP contribution in [0, 0.1) is 17.0 Å². The van der Waals surface area contributed by atoms with Crippen molar-refractivity contribution in [1.82, 2.24) is 15.2 Å². The zero-order chi connectivity index (χ0) is 14.0. The van der Waals surface area contributed by atoms with E-state index in [1.165, 1.54) is 11.3 Å². The van der Waals surface area contributed by atoms with Gasteiger partial charge in [-0.05, 0) is 24.8 Å². The Kier molecular flexibility index (Phi) is 3.71. The van der Waals surface area contributed by atoms with Crippen molar-refractivity contribution in [2.24, 2.45) is 0 Å². The van der Waals surface area contributed by atoms with E-state index in [9.17, 15) is 14.9 Å². The van der Waals surface area contributed by atoms with Crippen molar-refractivity contribution in [2.45, 2.75) is 16.3 Å². The topological polar surface area (TPSA) is 119 Å². The maximum absolute atomic E-state index is 10.9. The van der Waals surface area contributed by atoms with Crippen molar-refractivity contribution in [3.63, 3.8) is 0 Å². The lowest BCUT2D eigenvalue weighted by Gasteiger charge is -2.00. The highest BCUT2D eigenvalue weighted by molar-refractivity contribution is 8.01. The van der Waals surface area contributed by atoms with Gasteiger partial charge in [0.2, 0.25) is 0 Å². The molecule has 0 aliphatic heterocycles. The first-order valence-electron chi connectivity index (χ1n) is 4.84. The Bertz CT molecular complexity index is 657. The second-order valence-electron chi connectivity index (χ2n) is 3.27. The first kappa shape index (κ1) is 13.4. The summed E-state index contributed by atoms with van der Waals surface area (Å²) in [7, 11) is 0. The second kappa shape index (κ2) is 5.28. The Morgan fingerprint density at radius 3 is 2.74 bits per heavy atom. The number of aromatic carboxylic acids is 1. The summed E-state index contributed by atoms with van der Waals surface area (Å²) in [6.45, 7) is 1.75. The lowest BCUT2D eigenvalue weighted by atomic mass is 10.3. The normalized spacial score (nSPS) is 10.4. The van der Waals surface area contributed by atoms with Crippen LogP contribution in [0.3, 0.4) is 0 Å². The molecule has 0 aliphatic carbocycles. The van der Waals surface area contributed by atoms with Gasteiger partial charge in [0.25, 0.3) is 0 Å². The average molecular weight is 298 g/mol. The molecule has 8 nitrogen and oxygen atoms in total. The highest BCUT2D eigenvalue weighted by atomic mass is 32.2. The summed E-state index contributed by atoms with van der Waals surface area (Å²) >= 11 is 2.17. The minimum atomic E-state index is -1.25. The van der Waals surface area contributed by atoms with Crippen LogP contribution in [0.15, 0.2) is 21.5 Å². The molecule has 1 N–H and O–H groups in total. The molecule has 0 radical (unpaired) electrons. The molecule has 0 unspecified atom stereocenters. The molecule has 0 aliphatic rings. The quantitative estimate of drug-likeness (QED) is 0.672. The van der Waals surface area contributed by atoms with Gasteiger partial charge in [-0.1, -0.05) is 11.3 Å². The van der Waals surface area contributed by atoms with Gasteiger partial charge in [-0.3, -0.25) is 10.1 Å². The number of hydrogen-bond acceptors (Lipinski definition) is 8. The van der Waals surface area contributed by atoms with E-state index < -0.39 is 10.9 Å². The summed E-state index contributed by atoms with van der Waals surface area (Å²) in [5.41, 5.74) is -0.516. The molecule has 0 amide bonds. The van der Waals surface area contributed by atoms with Crippen LogP contribution in [-0.2, 0) is 0 Å². The number of carboxylic acids is 1. The maximum Gasteiger partial charge on any atom is 0.354 e. The average Bonchev–Trinajstić information content (AvgIpc) is 2.74. The smallest absolute Gasteiger partial charge is 0.354 e. The van der Waals surface area contributed by atoms with E-state index in [-0.39, 0.29) is 16.4 Å². The molecule has 2 heterocycles. The Morgan fingerprint density at radius 2 is 2.21 bits per heavy atom. The van der Waals surface area contributed by atoms with Gasteiger partial charge in [-0.25, -0.2) is 9.78 Å². The molecule has 10 heteroatoms. The molecule has 0 aromatic carbocycles. The van der Waals surface area contributed by atoms with Crippen molar-refractivity contribution in [1.29, 1.82) is 0 Å². The Balaban J connectivity index is 2.42. The maximum atomic E-state index is 10.9. The predicted molar refractivity (Wildman–Crippen MR) is 66.6 cm³/mol. The fraction of sp³-hybridized carbons (Fsp3) is 0.111. The molecule has 19 heavy (non-hydrogen) atoms. The van der Waals surface area contributed by atoms with Gasteiger partial charge in [-0.2, -0.15) is 0 Å². The Hall–Kier alpha value is -2.07. The van der Waals surface area contributed by atoms with E-state index in [0.29, 0.717) is 9.35 Å². The molecular formula is C9H6N4O4S2. The predicted octanol–water partition coefficient (Wildman–Crippen LogP) is 2.00. The highest BCUT2D eigenvalue weighted by Crippen LogP contribution is 2.34. The van der Waals surface area contributed by atoms with Crippen LogP contribution in [0.1, 0.15) is 15.5 Å². The van der Waals surface area contributed by atoms with Crippen molar-refractivity contribution < 1.29 is 14.8 Å². The van der Waals surface area contributed by atoms with E-state index in [4.69, 9.17) is 5.11 Å². The van der Waals surface area contributed by atoms with Crippen molar-refractivity contribution >= 4 is 34.8 Å². The largest absolute Gasteiger partial charge is 0.477 e.